The Morgan fingerprint density at radius 1 is 1.10 bits per heavy atom. The number of hydrogen-bond acceptors (Lipinski definition) is 4. The molecule has 2 heterocycles. The molecule has 2 aromatic heterocycles. The summed E-state index contributed by atoms with van der Waals surface area (Å²) >= 11 is 9.39. The van der Waals surface area contributed by atoms with Crippen molar-refractivity contribution >= 4 is 44.3 Å². The molecular weight excluding hydrogens is 340 g/mol. The predicted octanol–water partition coefficient (Wildman–Crippen LogP) is 4.05. The molecule has 1 N–H and O–H groups in total. The summed E-state index contributed by atoms with van der Waals surface area (Å²) in [5.41, 5.74) is 3.37. The van der Waals surface area contributed by atoms with Crippen LogP contribution in [0, 0.1) is 0 Å². The second-order valence-corrected chi connectivity index (χ2v) is 5.47. The first-order valence-electron chi connectivity index (χ1n) is 5.98. The third-order valence-corrected chi connectivity index (χ3v) is 3.50. The number of fused-ring (bicyclic) bond motifs is 1. The Hall–Kier alpha value is -1.72. The van der Waals surface area contributed by atoms with Gasteiger partial charge < -0.3 is 5.32 Å². The van der Waals surface area contributed by atoms with Crippen molar-refractivity contribution in [2.45, 2.75) is 6.54 Å². The van der Waals surface area contributed by atoms with Gasteiger partial charge in [0.25, 0.3) is 0 Å². The average molecular weight is 350 g/mol. The van der Waals surface area contributed by atoms with Gasteiger partial charge in [0.15, 0.2) is 5.15 Å². The first-order chi connectivity index (χ1) is 9.72. The van der Waals surface area contributed by atoms with Crippen LogP contribution >= 0.6 is 27.5 Å². The third kappa shape index (κ3) is 2.89. The number of nitrogens with zero attached hydrogens (tertiary/aromatic N) is 3. The zero-order valence-corrected chi connectivity index (χ0v) is 12.7. The van der Waals surface area contributed by atoms with Gasteiger partial charge in [-0.25, -0.2) is 9.97 Å². The van der Waals surface area contributed by atoms with Crippen LogP contribution in [0.2, 0.25) is 5.15 Å². The second-order valence-electron chi connectivity index (χ2n) is 4.20. The normalized spacial score (nSPS) is 10.7. The molecule has 0 aliphatic carbocycles. The number of pyridine rings is 1. The molecular formula is C14H10BrClN4. The number of benzene rings is 1. The summed E-state index contributed by atoms with van der Waals surface area (Å²) in [5.74, 6) is 0. The lowest BCUT2D eigenvalue weighted by Crippen LogP contribution is -2.03. The minimum Gasteiger partial charge on any atom is -0.377 e. The van der Waals surface area contributed by atoms with E-state index in [4.69, 9.17) is 11.6 Å². The highest BCUT2D eigenvalue weighted by Crippen LogP contribution is 2.23. The first-order valence-corrected chi connectivity index (χ1v) is 7.15. The Morgan fingerprint density at radius 2 is 1.90 bits per heavy atom. The molecule has 0 fully saturated rings. The number of rotatable bonds is 3. The largest absolute Gasteiger partial charge is 0.377 e. The fourth-order valence-corrected chi connectivity index (χ4v) is 2.31. The van der Waals surface area contributed by atoms with Crippen molar-refractivity contribution in [3.8, 4) is 0 Å². The Labute approximate surface area is 129 Å². The Kier molecular flexibility index (Phi) is 3.80. The van der Waals surface area contributed by atoms with Crippen LogP contribution in [0.1, 0.15) is 5.69 Å². The van der Waals surface area contributed by atoms with E-state index in [1.807, 2.05) is 30.3 Å². The van der Waals surface area contributed by atoms with Crippen LogP contribution in [0.3, 0.4) is 0 Å². The van der Waals surface area contributed by atoms with Gasteiger partial charge in [-0.05, 0) is 34.1 Å². The Morgan fingerprint density at radius 3 is 2.75 bits per heavy atom. The molecule has 0 bridgehead atoms. The van der Waals surface area contributed by atoms with E-state index in [1.54, 1.807) is 12.4 Å². The standard InChI is InChI=1S/C14H10BrClN4/c15-9-5-13(14(16)19-6-9)18-8-10-7-17-11-3-1-2-4-12(11)20-10/h1-7,18H,8H2. The second kappa shape index (κ2) is 5.73. The molecule has 0 unspecified atom stereocenters. The van der Waals surface area contributed by atoms with Crippen LogP contribution in [0.15, 0.2) is 47.2 Å². The molecule has 6 heteroatoms. The number of nitrogens with one attached hydrogen (secondary N) is 1. The van der Waals surface area contributed by atoms with Gasteiger partial charge in [0.1, 0.15) is 0 Å². The number of aromatic nitrogens is 3. The van der Waals surface area contributed by atoms with E-state index >= 15 is 0 Å². The molecule has 4 nitrogen and oxygen atoms in total. The summed E-state index contributed by atoms with van der Waals surface area (Å²) < 4.78 is 0.869. The van der Waals surface area contributed by atoms with E-state index in [0.717, 1.165) is 26.9 Å². The molecule has 0 saturated carbocycles. The van der Waals surface area contributed by atoms with Gasteiger partial charge >= 0.3 is 0 Å². The van der Waals surface area contributed by atoms with E-state index in [0.29, 0.717) is 11.7 Å². The third-order valence-electron chi connectivity index (χ3n) is 2.76. The molecule has 0 atom stereocenters. The van der Waals surface area contributed by atoms with Gasteiger partial charge in [-0.3, -0.25) is 4.98 Å². The number of hydrogen-bond donors (Lipinski definition) is 1. The van der Waals surface area contributed by atoms with Crippen molar-refractivity contribution in [2.75, 3.05) is 5.32 Å². The lowest BCUT2D eigenvalue weighted by atomic mass is 10.3. The van der Waals surface area contributed by atoms with E-state index in [9.17, 15) is 0 Å². The highest BCUT2D eigenvalue weighted by molar-refractivity contribution is 9.10. The van der Waals surface area contributed by atoms with Gasteiger partial charge in [-0.15, -0.1) is 0 Å². The van der Waals surface area contributed by atoms with Crippen molar-refractivity contribution in [1.82, 2.24) is 15.0 Å². The summed E-state index contributed by atoms with van der Waals surface area (Å²) in [6.07, 6.45) is 3.41. The van der Waals surface area contributed by atoms with Crippen molar-refractivity contribution in [1.29, 1.82) is 0 Å². The zero-order valence-electron chi connectivity index (χ0n) is 10.3. The van der Waals surface area contributed by atoms with Gasteiger partial charge in [-0.1, -0.05) is 23.7 Å². The highest BCUT2D eigenvalue weighted by Gasteiger charge is 2.04. The fraction of sp³-hybridized carbons (Fsp3) is 0.0714. The van der Waals surface area contributed by atoms with Gasteiger partial charge in [0, 0.05) is 10.7 Å². The minimum absolute atomic E-state index is 0.432. The molecule has 100 valence electrons. The summed E-state index contributed by atoms with van der Waals surface area (Å²) in [5, 5.41) is 3.64. The minimum atomic E-state index is 0.432. The maximum absolute atomic E-state index is 6.03. The number of anilines is 1. The van der Waals surface area contributed by atoms with Crippen LogP contribution in [-0.4, -0.2) is 15.0 Å². The maximum Gasteiger partial charge on any atom is 0.152 e. The molecule has 0 radical (unpaired) electrons. The quantitative estimate of drug-likeness (QED) is 0.725. The number of halogens is 2. The number of para-hydroxylation sites is 2. The van der Waals surface area contributed by atoms with E-state index in [1.165, 1.54) is 0 Å². The van der Waals surface area contributed by atoms with Gasteiger partial charge in [-0.2, -0.15) is 0 Å². The predicted molar refractivity (Wildman–Crippen MR) is 83.8 cm³/mol. The lowest BCUT2D eigenvalue weighted by Gasteiger charge is -2.08. The molecule has 0 aliphatic rings. The molecule has 3 aromatic rings. The van der Waals surface area contributed by atoms with Crippen LogP contribution in [0.25, 0.3) is 11.0 Å². The van der Waals surface area contributed by atoms with Crippen molar-refractivity contribution < 1.29 is 0 Å². The first kappa shape index (κ1) is 13.3. The maximum atomic E-state index is 6.03. The summed E-state index contributed by atoms with van der Waals surface area (Å²) in [6.45, 7) is 0.537. The van der Waals surface area contributed by atoms with Crippen molar-refractivity contribution in [3.63, 3.8) is 0 Å². The summed E-state index contributed by atoms with van der Waals surface area (Å²) in [4.78, 5) is 13.0. The molecule has 0 aliphatic heterocycles. The molecule has 20 heavy (non-hydrogen) atoms. The van der Waals surface area contributed by atoms with Crippen LogP contribution in [-0.2, 0) is 6.54 Å². The van der Waals surface area contributed by atoms with Crippen LogP contribution in [0.5, 0.6) is 0 Å². The average Bonchev–Trinajstić information content (AvgIpc) is 2.48. The van der Waals surface area contributed by atoms with Crippen molar-refractivity contribution in [2.24, 2.45) is 0 Å². The van der Waals surface area contributed by atoms with Crippen LogP contribution < -0.4 is 5.32 Å². The molecule has 0 spiro atoms. The topological polar surface area (TPSA) is 50.7 Å². The monoisotopic (exact) mass is 348 g/mol. The summed E-state index contributed by atoms with van der Waals surface area (Å²) in [7, 11) is 0. The Balaban J connectivity index is 1.81. The van der Waals surface area contributed by atoms with E-state index in [-0.39, 0.29) is 0 Å². The molecule has 1 aromatic carbocycles. The smallest absolute Gasteiger partial charge is 0.152 e. The van der Waals surface area contributed by atoms with Gasteiger partial charge in [0.05, 0.1) is 35.2 Å². The van der Waals surface area contributed by atoms with Crippen molar-refractivity contribution in [3.05, 3.63) is 58.0 Å². The zero-order chi connectivity index (χ0) is 13.9. The van der Waals surface area contributed by atoms with E-state index in [2.05, 4.69) is 36.2 Å². The lowest BCUT2D eigenvalue weighted by molar-refractivity contribution is 1.04. The SMILES string of the molecule is Clc1ncc(Br)cc1NCc1cnc2ccccc2n1. The fourth-order valence-electron chi connectivity index (χ4n) is 1.81. The highest BCUT2D eigenvalue weighted by atomic mass is 79.9. The molecule has 0 amide bonds. The van der Waals surface area contributed by atoms with E-state index < -0.39 is 0 Å². The Bertz CT molecular complexity index is 763. The molecule has 0 saturated heterocycles. The van der Waals surface area contributed by atoms with Crippen LogP contribution in [0.4, 0.5) is 5.69 Å². The summed E-state index contributed by atoms with van der Waals surface area (Å²) in [6, 6.07) is 9.66. The molecule has 3 rings (SSSR count). The van der Waals surface area contributed by atoms with Gasteiger partial charge in [0.2, 0.25) is 0 Å².